The van der Waals surface area contributed by atoms with E-state index >= 15 is 0 Å². The lowest BCUT2D eigenvalue weighted by molar-refractivity contribution is 1.21. The molecule has 0 unspecified atom stereocenters. The zero-order chi connectivity index (χ0) is 14.4. The van der Waals surface area contributed by atoms with Crippen LogP contribution in [0, 0.1) is 0 Å². The zero-order valence-electron chi connectivity index (χ0n) is 10.7. The number of rotatable bonds is 4. The van der Waals surface area contributed by atoms with E-state index < -0.39 is 0 Å². The van der Waals surface area contributed by atoms with Crippen LogP contribution in [0.5, 0.6) is 0 Å². The molecule has 2 aromatic rings. The number of hydrogen-bond acceptors (Lipinski definition) is 3. The number of aromatic nitrogens is 1. The Balaban J connectivity index is 2.14. The second kappa shape index (κ2) is 6.68. The monoisotopic (exact) mass is 287 g/mol. The van der Waals surface area contributed by atoms with Gasteiger partial charge in [0, 0.05) is 17.6 Å². The summed E-state index contributed by atoms with van der Waals surface area (Å²) in [6.45, 7) is 0. The molecule has 1 aromatic carbocycles. The summed E-state index contributed by atoms with van der Waals surface area (Å²) in [5.74, 6) is 0.398. The Hall–Kier alpha value is -2.40. The van der Waals surface area contributed by atoms with Crippen molar-refractivity contribution in [3.63, 3.8) is 0 Å². The van der Waals surface area contributed by atoms with Crippen LogP contribution in [0.25, 0.3) is 11.3 Å². The fraction of sp³-hybridized carbons (Fsp3) is 0.0714. The molecule has 102 valence electrons. The number of halogens is 1. The van der Waals surface area contributed by atoms with Gasteiger partial charge in [0.05, 0.1) is 11.9 Å². The third-order valence-electron chi connectivity index (χ3n) is 2.57. The summed E-state index contributed by atoms with van der Waals surface area (Å²) in [6, 6.07) is 11.7. The zero-order valence-corrected chi connectivity index (χ0v) is 11.5. The highest BCUT2D eigenvalue weighted by Gasteiger charge is 1.99. The van der Waals surface area contributed by atoms with E-state index in [4.69, 9.17) is 23.1 Å². The van der Waals surface area contributed by atoms with Gasteiger partial charge < -0.3 is 11.5 Å². The highest BCUT2D eigenvalue weighted by Crippen LogP contribution is 2.17. The summed E-state index contributed by atoms with van der Waals surface area (Å²) in [5, 5.41) is 7.29. The molecule has 0 aliphatic heterocycles. The van der Waals surface area contributed by atoms with Crippen molar-refractivity contribution < 1.29 is 0 Å². The average molecular weight is 288 g/mol. The Bertz CT molecular complexity index is 613. The Morgan fingerprint density at radius 2 is 1.90 bits per heavy atom. The van der Waals surface area contributed by atoms with Crippen LogP contribution < -0.4 is 11.5 Å². The van der Waals surface area contributed by atoms with E-state index in [9.17, 15) is 0 Å². The summed E-state index contributed by atoms with van der Waals surface area (Å²) in [4.78, 5) is 4.36. The molecule has 0 saturated carbocycles. The Labute approximate surface area is 122 Å². The molecule has 1 heterocycles. The van der Waals surface area contributed by atoms with Crippen LogP contribution in [0.15, 0.2) is 52.8 Å². The maximum atomic E-state index is 5.73. The number of nitrogens with zero attached hydrogens (tertiary/aromatic N) is 3. The van der Waals surface area contributed by atoms with Crippen molar-refractivity contribution in [2.75, 3.05) is 0 Å². The quantitative estimate of drug-likeness (QED) is 0.390. The number of pyridine rings is 1. The van der Waals surface area contributed by atoms with Gasteiger partial charge in [-0.25, -0.2) is 0 Å². The molecule has 0 saturated heterocycles. The molecular formula is C14H14ClN5. The molecule has 4 N–H and O–H groups in total. The molecule has 0 spiro atoms. The molecule has 0 fully saturated rings. The molecule has 5 nitrogen and oxygen atoms in total. The van der Waals surface area contributed by atoms with Crippen LogP contribution in [0.2, 0.25) is 0 Å². The fourth-order valence-corrected chi connectivity index (χ4v) is 1.73. The third-order valence-corrected chi connectivity index (χ3v) is 2.87. The topological polar surface area (TPSA) is 89.7 Å². The molecule has 1 aromatic heterocycles. The summed E-state index contributed by atoms with van der Waals surface area (Å²) >= 11 is 5.73. The lowest BCUT2D eigenvalue weighted by Gasteiger charge is -2.02. The van der Waals surface area contributed by atoms with Gasteiger partial charge in [0.25, 0.3) is 0 Å². The van der Waals surface area contributed by atoms with Gasteiger partial charge in [-0.15, -0.1) is 16.7 Å². The fourth-order valence-electron chi connectivity index (χ4n) is 1.58. The Morgan fingerprint density at radius 3 is 2.45 bits per heavy atom. The second-order valence-electron chi connectivity index (χ2n) is 4.08. The lowest BCUT2D eigenvalue weighted by atomic mass is 10.1. The van der Waals surface area contributed by atoms with Crippen molar-refractivity contribution in [2.45, 2.75) is 5.88 Å². The molecule has 20 heavy (non-hydrogen) atoms. The molecule has 0 aliphatic rings. The highest BCUT2D eigenvalue weighted by molar-refractivity contribution is 6.17. The van der Waals surface area contributed by atoms with Crippen LogP contribution in [-0.4, -0.2) is 17.2 Å². The van der Waals surface area contributed by atoms with Crippen molar-refractivity contribution in [1.82, 2.24) is 4.98 Å². The van der Waals surface area contributed by atoms with E-state index in [0.29, 0.717) is 5.88 Å². The van der Waals surface area contributed by atoms with Crippen LogP contribution >= 0.6 is 11.6 Å². The van der Waals surface area contributed by atoms with Crippen molar-refractivity contribution in [3.8, 4) is 11.3 Å². The first-order valence-corrected chi connectivity index (χ1v) is 6.46. The molecule has 0 radical (unpaired) electrons. The minimum atomic E-state index is -0.0681. The number of guanidine groups is 1. The van der Waals surface area contributed by atoms with Gasteiger partial charge in [0.15, 0.2) is 0 Å². The number of alkyl halides is 1. The Kier molecular flexibility index (Phi) is 4.68. The SMILES string of the molecule is NC(N)=NN=Cc1ccc(-c2ccc(CCl)cn2)cc1. The van der Waals surface area contributed by atoms with Gasteiger partial charge in [-0.2, -0.15) is 5.10 Å². The van der Waals surface area contributed by atoms with Crippen molar-refractivity contribution >= 4 is 23.8 Å². The normalized spacial score (nSPS) is 10.7. The van der Waals surface area contributed by atoms with Crippen molar-refractivity contribution in [2.24, 2.45) is 21.7 Å². The minimum Gasteiger partial charge on any atom is -0.369 e. The Morgan fingerprint density at radius 1 is 1.15 bits per heavy atom. The van der Waals surface area contributed by atoms with Crippen molar-refractivity contribution in [1.29, 1.82) is 0 Å². The highest BCUT2D eigenvalue weighted by atomic mass is 35.5. The first kappa shape index (κ1) is 14.0. The van der Waals surface area contributed by atoms with Gasteiger partial charge in [-0.05, 0) is 17.2 Å². The number of hydrogen-bond donors (Lipinski definition) is 2. The first-order valence-electron chi connectivity index (χ1n) is 5.92. The molecule has 2 rings (SSSR count). The van der Waals surface area contributed by atoms with E-state index in [1.807, 2.05) is 36.4 Å². The summed E-state index contributed by atoms with van der Waals surface area (Å²) < 4.78 is 0. The van der Waals surface area contributed by atoms with Gasteiger partial charge >= 0.3 is 0 Å². The largest absolute Gasteiger partial charge is 0.369 e. The van der Waals surface area contributed by atoms with Crippen LogP contribution in [0.3, 0.4) is 0 Å². The van der Waals surface area contributed by atoms with E-state index in [1.165, 1.54) is 0 Å². The van der Waals surface area contributed by atoms with Crippen LogP contribution in [-0.2, 0) is 5.88 Å². The maximum Gasteiger partial charge on any atom is 0.211 e. The summed E-state index contributed by atoms with van der Waals surface area (Å²) in [6.07, 6.45) is 3.35. The van der Waals surface area contributed by atoms with E-state index in [0.717, 1.165) is 22.4 Å². The van der Waals surface area contributed by atoms with Crippen LogP contribution in [0.4, 0.5) is 0 Å². The van der Waals surface area contributed by atoms with E-state index in [1.54, 1.807) is 12.4 Å². The smallest absolute Gasteiger partial charge is 0.211 e. The molecule has 0 bridgehead atoms. The first-order chi connectivity index (χ1) is 9.69. The lowest BCUT2D eigenvalue weighted by Crippen LogP contribution is -2.21. The summed E-state index contributed by atoms with van der Waals surface area (Å²) in [5.41, 5.74) is 14.2. The molecular weight excluding hydrogens is 274 g/mol. The predicted molar refractivity (Wildman–Crippen MR) is 82.6 cm³/mol. The number of nitrogens with two attached hydrogens (primary N) is 2. The van der Waals surface area contributed by atoms with E-state index in [2.05, 4.69) is 15.2 Å². The van der Waals surface area contributed by atoms with Crippen LogP contribution in [0.1, 0.15) is 11.1 Å². The van der Waals surface area contributed by atoms with Gasteiger partial charge in [0.1, 0.15) is 0 Å². The van der Waals surface area contributed by atoms with Gasteiger partial charge in [0.2, 0.25) is 5.96 Å². The van der Waals surface area contributed by atoms with E-state index in [-0.39, 0.29) is 5.96 Å². The molecule has 6 heteroatoms. The van der Waals surface area contributed by atoms with Gasteiger partial charge in [-0.3, -0.25) is 4.98 Å². The average Bonchev–Trinajstić information content (AvgIpc) is 2.48. The number of benzene rings is 1. The second-order valence-corrected chi connectivity index (χ2v) is 4.34. The maximum absolute atomic E-state index is 5.73. The predicted octanol–water partition coefficient (Wildman–Crippen LogP) is 2.09. The van der Waals surface area contributed by atoms with Crippen molar-refractivity contribution in [3.05, 3.63) is 53.7 Å². The minimum absolute atomic E-state index is 0.0681. The van der Waals surface area contributed by atoms with Gasteiger partial charge in [-0.1, -0.05) is 30.3 Å². The molecule has 0 amide bonds. The third kappa shape index (κ3) is 3.80. The summed E-state index contributed by atoms with van der Waals surface area (Å²) in [7, 11) is 0. The molecule has 0 aliphatic carbocycles. The molecule has 0 atom stereocenters. The standard InChI is InChI=1S/C14H14ClN5/c15-7-11-3-6-13(18-8-11)12-4-1-10(2-5-12)9-19-20-14(16)17/h1-6,8-9H,7H2,(H4,16,17,20).